The van der Waals surface area contributed by atoms with Crippen molar-refractivity contribution in [2.75, 3.05) is 18.0 Å². The minimum Gasteiger partial charge on any atom is -0.442 e. The van der Waals surface area contributed by atoms with E-state index in [2.05, 4.69) is 21.2 Å². The Morgan fingerprint density at radius 3 is 2.74 bits per heavy atom. The molecule has 1 heterocycles. The first-order valence-electron chi connectivity index (χ1n) is 7.20. The molecule has 0 radical (unpaired) electrons. The molecule has 0 spiro atoms. The number of ether oxygens (including phenoxy) is 1. The first-order chi connectivity index (χ1) is 11.1. The van der Waals surface area contributed by atoms with Gasteiger partial charge in [0.25, 0.3) is 5.91 Å². The number of rotatable bonds is 4. The highest BCUT2D eigenvalue weighted by molar-refractivity contribution is 9.10. The third-order valence-corrected chi connectivity index (χ3v) is 4.01. The molecule has 1 unspecified atom stereocenters. The SMILES string of the molecule is O=C(NCC1CN(c2ccccc2)C(=O)O1)c1cccc(Br)c1. The largest absolute Gasteiger partial charge is 0.442 e. The van der Waals surface area contributed by atoms with Crippen LogP contribution in [-0.4, -0.2) is 31.2 Å². The first-order valence-corrected chi connectivity index (χ1v) is 8.00. The molecule has 0 saturated carbocycles. The number of nitrogens with zero attached hydrogens (tertiary/aromatic N) is 1. The van der Waals surface area contributed by atoms with Crippen LogP contribution >= 0.6 is 15.9 Å². The molecule has 1 fully saturated rings. The topological polar surface area (TPSA) is 58.6 Å². The number of carbonyl (C=O) groups is 2. The summed E-state index contributed by atoms with van der Waals surface area (Å²) in [5.41, 5.74) is 1.35. The Bertz CT molecular complexity index is 721. The van der Waals surface area contributed by atoms with E-state index in [-0.39, 0.29) is 18.6 Å². The molecule has 3 rings (SSSR count). The summed E-state index contributed by atoms with van der Waals surface area (Å²) in [5, 5.41) is 2.80. The van der Waals surface area contributed by atoms with E-state index in [4.69, 9.17) is 4.74 Å². The van der Waals surface area contributed by atoms with Crippen molar-refractivity contribution in [3.05, 3.63) is 64.6 Å². The lowest BCUT2D eigenvalue weighted by Gasteiger charge is -2.12. The average molecular weight is 375 g/mol. The fraction of sp³-hybridized carbons (Fsp3) is 0.176. The molecule has 6 heteroatoms. The smallest absolute Gasteiger partial charge is 0.414 e. The lowest BCUT2D eigenvalue weighted by Crippen LogP contribution is -2.34. The molecule has 1 atom stereocenters. The highest BCUT2D eigenvalue weighted by atomic mass is 79.9. The van der Waals surface area contributed by atoms with Gasteiger partial charge in [-0.05, 0) is 30.3 Å². The van der Waals surface area contributed by atoms with E-state index in [0.29, 0.717) is 12.1 Å². The van der Waals surface area contributed by atoms with Crippen LogP contribution in [-0.2, 0) is 4.74 Å². The summed E-state index contributed by atoms with van der Waals surface area (Å²) in [6.07, 6.45) is -0.753. The fourth-order valence-electron chi connectivity index (χ4n) is 2.38. The van der Waals surface area contributed by atoms with Gasteiger partial charge in [-0.2, -0.15) is 0 Å². The van der Waals surface area contributed by atoms with Crippen LogP contribution in [0.5, 0.6) is 0 Å². The quantitative estimate of drug-likeness (QED) is 0.893. The lowest BCUT2D eigenvalue weighted by molar-refractivity contribution is 0.0916. The van der Waals surface area contributed by atoms with Crippen LogP contribution in [0.25, 0.3) is 0 Å². The van der Waals surface area contributed by atoms with Gasteiger partial charge in [0.15, 0.2) is 0 Å². The van der Waals surface area contributed by atoms with E-state index in [1.54, 1.807) is 23.1 Å². The Balaban J connectivity index is 1.58. The summed E-state index contributed by atoms with van der Waals surface area (Å²) in [6, 6.07) is 16.5. The molecule has 0 aliphatic carbocycles. The van der Waals surface area contributed by atoms with Crippen molar-refractivity contribution in [1.29, 1.82) is 0 Å². The highest BCUT2D eigenvalue weighted by Gasteiger charge is 2.32. The Morgan fingerprint density at radius 1 is 1.22 bits per heavy atom. The van der Waals surface area contributed by atoms with Gasteiger partial charge < -0.3 is 10.1 Å². The molecule has 2 aromatic carbocycles. The van der Waals surface area contributed by atoms with Crippen LogP contribution in [0.1, 0.15) is 10.4 Å². The Kier molecular flexibility index (Phi) is 4.62. The van der Waals surface area contributed by atoms with Crippen LogP contribution in [0.2, 0.25) is 0 Å². The lowest BCUT2D eigenvalue weighted by atomic mass is 10.2. The summed E-state index contributed by atoms with van der Waals surface area (Å²) >= 11 is 3.33. The molecule has 5 nitrogen and oxygen atoms in total. The van der Waals surface area contributed by atoms with Crippen molar-refractivity contribution in [2.24, 2.45) is 0 Å². The zero-order chi connectivity index (χ0) is 16.2. The van der Waals surface area contributed by atoms with Gasteiger partial charge in [-0.3, -0.25) is 9.69 Å². The van der Waals surface area contributed by atoms with Gasteiger partial charge in [0.2, 0.25) is 0 Å². The molecule has 0 bridgehead atoms. The van der Waals surface area contributed by atoms with Crippen LogP contribution in [0.4, 0.5) is 10.5 Å². The van der Waals surface area contributed by atoms with Gasteiger partial charge in [-0.25, -0.2) is 4.79 Å². The molecule has 2 aromatic rings. The second kappa shape index (κ2) is 6.83. The van der Waals surface area contributed by atoms with E-state index in [9.17, 15) is 9.59 Å². The normalized spacial score (nSPS) is 17.0. The average Bonchev–Trinajstić information content (AvgIpc) is 2.94. The zero-order valence-corrected chi connectivity index (χ0v) is 13.8. The van der Waals surface area contributed by atoms with Crippen molar-refractivity contribution in [3.8, 4) is 0 Å². The summed E-state index contributed by atoms with van der Waals surface area (Å²) in [4.78, 5) is 25.6. The van der Waals surface area contributed by atoms with E-state index in [1.807, 2.05) is 36.4 Å². The number of carbonyl (C=O) groups excluding carboxylic acids is 2. The number of hydrogen-bond donors (Lipinski definition) is 1. The summed E-state index contributed by atoms with van der Waals surface area (Å²) in [6.45, 7) is 0.696. The van der Waals surface area contributed by atoms with Gasteiger partial charge in [0.1, 0.15) is 6.10 Å². The van der Waals surface area contributed by atoms with Gasteiger partial charge in [-0.15, -0.1) is 0 Å². The summed E-state index contributed by atoms with van der Waals surface area (Å²) < 4.78 is 6.14. The number of amides is 2. The number of para-hydroxylation sites is 1. The molecule has 118 valence electrons. The maximum Gasteiger partial charge on any atom is 0.414 e. The van der Waals surface area contributed by atoms with Crippen molar-refractivity contribution in [1.82, 2.24) is 5.32 Å². The van der Waals surface area contributed by atoms with E-state index < -0.39 is 6.09 Å². The van der Waals surface area contributed by atoms with Crippen LogP contribution in [0, 0.1) is 0 Å². The molecule has 1 N–H and O–H groups in total. The maximum atomic E-state index is 12.1. The van der Waals surface area contributed by atoms with E-state index in [0.717, 1.165) is 10.2 Å². The van der Waals surface area contributed by atoms with Crippen LogP contribution < -0.4 is 10.2 Å². The maximum absolute atomic E-state index is 12.1. The standard InChI is InChI=1S/C17H15BrN2O3/c18-13-6-4-5-12(9-13)16(21)19-10-15-11-20(17(22)23-15)14-7-2-1-3-8-14/h1-9,15H,10-11H2,(H,19,21). The number of hydrogen-bond acceptors (Lipinski definition) is 3. The summed E-state index contributed by atoms with van der Waals surface area (Å²) in [5.74, 6) is -0.194. The number of benzene rings is 2. The van der Waals surface area contributed by atoms with E-state index in [1.165, 1.54) is 0 Å². The molecular weight excluding hydrogens is 360 g/mol. The molecular formula is C17H15BrN2O3. The number of cyclic esters (lactones) is 1. The van der Waals surface area contributed by atoms with Crippen molar-refractivity contribution in [3.63, 3.8) is 0 Å². The van der Waals surface area contributed by atoms with Crippen molar-refractivity contribution >= 4 is 33.6 Å². The molecule has 1 aliphatic heterocycles. The minimum absolute atomic E-state index is 0.194. The predicted molar refractivity (Wildman–Crippen MR) is 90.5 cm³/mol. The Labute approximate surface area is 142 Å². The Hall–Kier alpha value is -2.34. The second-order valence-electron chi connectivity index (χ2n) is 5.17. The fourth-order valence-corrected chi connectivity index (χ4v) is 2.78. The highest BCUT2D eigenvalue weighted by Crippen LogP contribution is 2.20. The van der Waals surface area contributed by atoms with Crippen molar-refractivity contribution in [2.45, 2.75) is 6.10 Å². The zero-order valence-electron chi connectivity index (χ0n) is 12.2. The first kappa shape index (κ1) is 15.6. The molecule has 0 aromatic heterocycles. The minimum atomic E-state index is -0.391. The van der Waals surface area contributed by atoms with Gasteiger partial charge in [-0.1, -0.05) is 40.2 Å². The predicted octanol–water partition coefficient (Wildman–Crippen LogP) is 3.20. The van der Waals surface area contributed by atoms with E-state index >= 15 is 0 Å². The Morgan fingerprint density at radius 2 is 2.00 bits per heavy atom. The van der Waals surface area contributed by atoms with Gasteiger partial charge >= 0.3 is 6.09 Å². The molecule has 2 amide bonds. The number of halogens is 1. The van der Waals surface area contributed by atoms with Gasteiger partial charge in [0, 0.05) is 15.7 Å². The number of nitrogens with one attached hydrogen (secondary N) is 1. The summed E-state index contributed by atoms with van der Waals surface area (Å²) in [7, 11) is 0. The monoisotopic (exact) mass is 374 g/mol. The molecule has 23 heavy (non-hydrogen) atoms. The second-order valence-corrected chi connectivity index (χ2v) is 6.09. The third-order valence-electron chi connectivity index (χ3n) is 3.52. The number of anilines is 1. The van der Waals surface area contributed by atoms with Crippen LogP contribution in [0.3, 0.4) is 0 Å². The van der Waals surface area contributed by atoms with Crippen molar-refractivity contribution < 1.29 is 14.3 Å². The van der Waals surface area contributed by atoms with Crippen LogP contribution in [0.15, 0.2) is 59.1 Å². The molecule has 1 saturated heterocycles. The molecule has 1 aliphatic rings. The van der Waals surface area contributed by atoms with Gasteiger partial charge in [0.05, 0.1) is 13.1 Å². The third kappa shape index (κ3) is 3.71.